The zero-order chi connectivity index (χ0) is 27.1. The molecule has 0 aliphatic rings. The first kappa shape index (κ1) is 27.2. The van der Waals surface area contributed by atoms with E-state index in [9.17, 15) is 13.2 Å². The maximum atomic E-state index is 13.2. The van der Waals surface area contributed by atoms with Crippen LogP contribution in [0.3, 0.4) is 0 Å². The molecule has 0 saturated heterocycles. The molecule has 0 aromatic heterocycles. The number of halogens is 1. The fraction of sp³-hybridized carbons (Fsp3) is 0.138. The topological polar surface area (TPSA) is 84.9 Å². The summed E-state index contributed by atoms with van der Waals surface area (Å²) in [5.74, 6) is 1.26. The Bertz CT molecular complexity index is 1510. The number of amides is 1. The van der Waals surface area contributed by atoms with Gasteiger partial charge in [0.1, 0.15) is 11.5 Å². The van der Waals surface area contributed by atoms with E-state index < -0.39 is 10.0 Å². The van der Waals surface area contributed by atoms with E-state index in [1.54, 1.807) is 36.4 Å². The van der Waals surface area contributed by atoms with Crippen molar-refractivity contribution >= 4 is 33.2 Å². The normalized spacial score (nSPS) is 11.3. The molecule has 38 heavy (non-hydrogen) atoms. The first-order valence-corrected chi connectivity index (χ1v) is 13.7. The van der Waals surface area contributed by atoms with Crippen LogP contribution in [0.2, 0.25) is 5.02 Å². The molecule has 196 valence electrons. The lowest BCUT2D eigenvalue weighted by atomic mass is 10.1. The van der Waals surface area contributed by atoms with Gasteiger partial charge in [0, 0.05) is 29.7 Å². The number of carbonyl (C=O) groups is 1. The van der Waals surface area contributed by atoms with Crippen LogP contribution in [0.15, 0.2) is 102 Å². The van der Waals surface area contributed by atoms with Gasteiger partial charge in [0.25, 0.3) is 5.91 Å². The van der Waals surface area contributed by atoms with Gasteiger partial charge in [-0.15, -0.1) is 0 Å². The van der Waals surface area contributed by atoms with E-state index in [0.29, 0.717) is 45.7 Å². The van der Waals surface area contributed by atoms with Crippen molar-refractivity contribution in [3.8, 4) is 17.2 Å². The summed E-state index contributed by atoms with van der Waals surface area (Å²) >= 11 is 5.91. The molecular weight excluding hydrogens is 524 g/mol. The Morgan fingerprint density at radius 3 is 2.29 bits per heavy atom. The molecule has 0 aliphatic heterocycles. The maximum absolute atomic E-state index is 13.2. The van der Waals surface area contributed by atoms with E-state index in [-0.39, 0.29) is 17.3 Å². The number of rotatable bonds is 10. The number of ether oxygens (including phenoxy) is 2. The maximum Gasteiger partial charge on any atom is 0.255 e. The predicted octanol–water partition coefficient (Wildman–Crippen LogP) is 6.60. The third-order valence-electron chi connectivity index (χ3n) is 5.64. The number of anilines is 1. The summed E-state index contributed by atoms with van der Waals surface area (Å²) in [5, 5.41) is 3.34. The summed E-state index contributed by atoms with van der Waals surface area (Å²) < 4.78 is 39.1. The molecule has 0 bridgehead atoms. The molecule has 0 fully saturated rings. The van der Waals surface area contributed by atoms with Crippen LogP contribution < -0.4 is 14.8 Å². The number of sulfonamides is 1. The minimum Gasteiger partial charge on any atom is -0.494 e. The van der Waals surface area contributed by atoms with Crippen LogP contribution in [-0.2, 0) is 16.6 Å². The molecule has 0 unspecified atom stereocenters. The Labute approximate surface area is 227 Å². The predicted molar refractivity (Wildman–Crippen MR) is 149 cm³/mol. The second-order valence-electron chi connectivity index (χ2n) is 8.34. The molecule has 7 nitrogen and oxygen atoms in total. The van der Waals surface area contributed by atoms with Crippen LogP contribution in [0.1, 0.15) is 22.8 Å². The van der Waals surface area contributed by atoms with Crippen molar-refractivity contribution in [2.45, 2.75) is 18.4 Å². The van der Waals surface area contributed by atoms with Crippen LogP contribution in [0, 0.1) is 0 Å². The number of para-hydroxylation sites is 3. The monoisotopic (exact) mass is 550 g/mol. The summed E-state index contributed by atoms with van der Waals surface area (Å²) in [4.78, 5) is 13.3. The van der Waals surface area contributed by atoms with Gasteiger partial charge in [-0.25, -0.2) is 8.42 Å². The summed E-state index contributed by atoms with van der Waals surface area (Å²) in [6.07, 6.45) is 0. The first-order valence-electron chi connectivity index (χ1n) is 11.9. The van der Waals surface area contributed by atoms with Gasteiger partial charge in [0.15, 0.2) is 5.75 Å². The van der Waals surface area contributed by atoms with Gasteiger partial charge in [-0.3, -0.25) is 4.79 Å². The SMILES string of the molecule is CCOc1ccc(C(=O)Nc2ccccc2Oc2ccccc2)cc1CN(C)S(=O)(=O)c1ccc(Cl)cc1. The Kier molecular flexibility index (Phi) is 8.68. The van der Waals surface area contributed by atoms with E-state index in [1.807, 2.05) is 43.3 Å². The van der Waals surface area contributed by atoms with Crippen LogP contribution >= 0.6 is 11.6 Å². The number of nitrogens with zero attached hydrogens (tertiary/aromatic N) is 1. The molecule has 4 aromatic carbocycles. The quantitative estimate of drug-likeness (QED) is 0.240. The molecule has 4 aromatic rings. The van der Waals surface area contributed by atoms with Gasteiger partial charge in [-0.05, 0) is 73.7 Å². The highest BCUT2D eigenvalue weighted by Crippen LogP contribution is 2.30. The largest absolute Gasteiger partial charge is 0.494 e. The first-order chi connectivity index (χ1) is 18.3. The van der Waals surface area contributed by atoms with Crippen molar-refractivity contribution in [2.24, 2.45) is 0 Å². The van der Waals surface area contributed by atoms with E-state index in [1.165, 1.54) is 35.6 Å². The van der Waals surface area contributed by atoms with Crippen molar-refractivity contribution in [2.75, 3.05) is 19.0 Å². The molecule has 0 radical (unpaired) electrons. The molecule has 0 atom stereocenters. The standard InChI is InChI=1S/C29H27ClN2O5S/c1-3-36-27-18-13-21(19-22(27)20-32(2)38(34,35)25-16-14-23(30)15-17-25)29(33)31-26-11-7-8-12-28(26)37-24-9-5-4-6-10-24/h4-19H,3,20H2,1-2H3,(H,31,33). The third-order valence-corrected chi connectivity index (χ3v) is 7.71. The third kappa shape index (κ3) is 6.52. The molecule has 0 spiro atoms. The second-order valence-corrected chi connectivity index (χ2v) is 10.8. The van der Waals surface area contributed by atoms with Gasteiger partial charge in [-0.2, -0.15) is 4.31 Å². The minimum absolute atomic E-state index is 0.00484. The second kappa shape index (κ2) is 12.1. The number of nitrogens with one attached hydrogen (secondary N) is 1. The summed E-state index contributed by atoms with van der Waals surface area (Å²) in [6, 6.07) is 27.3. The van der Waals surface area contributed by atoms with E-state index >= 15 is 0 Å². The highest BCUT2D eigenvalue weighted by Gasteiger charge is 2.23. The molecule has 0 saturated carbocycles. The highest BCUT2D eigenvalue weighted by atomic mass is 35.5. The molecule has 9 heteroatoms. The summed E-state index contributed by atoms with van der Waals surface area (Å²) in [5.41, 5.74) is 1.39. The number of benzene rings is 4. The van der Waals surface area contributed by atoms with Gasteiger partial charge < -0.3 is 14.8 Å². The zero-order valence-corrected chi connectivity index (χ0v) is 22.5. The van der Waals surface area contributed by atoms with Gasteiger partial charge in [-0.1, -0.05) is 41.9 Å². The van der Waals surface area contributed by atoms with E-state index in [0.717, 1.165) is 0 Å². The summed E-state index contributed by atoms with van der Waals surface area (Å²) in [7, 11) is -2.32. The zero-order valence-electron chi connectivity index (χ0n) is 20.9. The average Bonchev–Trinajstić information content (AvgIpc) is 2.91. The lowest BCUT2D eigenvalue weighted by Crippen LogP contribution is -2.27. The lowest BCUT2D eigenvalue weighted by Gasteiger charge is -2.20. The Morgan fingerprint density at radius 1 is 0.895 bits per heavy atom. The van der Waals surface area contributed by atoms with Crippen LogP contribution in [-0.4, -0.2) is 32.3 Å². The highest BCUT2D eigenvalue weighted by molar-refractivity contribution is 7.89. The molecule has 1 amide bonds. The molecular formula is C29H27ClN2O5S. The van der Waals surface area contributed by atoms with Crippen molar-refractivity contribution in [1.29, 1.82) is 0 Å². The Morgan fingerprint density at radius 2 is 1.58 bits per heavy atom. The molecule has 0 aliphatic carbocycles. The smallest absolute Gasteiger partial charge is 0.255 e. The van der Waals surface area contributed by atoms with E-state index in [2.05, 4.69) is 5.32 Å². The van der Waals surface area contributed by atoms with Gasteiger partial charge in [0.05, 0.1) is 17.2 Å². The van der Waals surface area contributed by atoms with Crippen molar-refractivity contribution in [1.82, 2.24) is 4.31 Å². The summed E-state index contributed by atoms with van der Waals surface area (Å²) in [6.45, 7) is 2.22. The molecule has 4 rings (SSSR count). The van der Waals surface area contributed by atoms with Gasteiger partial charge >= 0.3 is 0 Å². The molecule has 1 N–H and O–H groups in total. The number of hydrogen-bond donors (Lipinski definition) is 1. The fourth-order valence-electron chi connectivity index (χ4n) is 3.72. The number of carbonyl (C=O) groups excluding carboxylic acids is 1. The van der Waals surface area contributed by atoms with Crippen molar-refractivity contribution in [3.63, 3.8) is 0 Å². The molecule has 0 heterocycles. The van der Waals surface area contributed by atoms with Crippen LogP contribution in [0.4, 0.5) is 5.69 Å². The minimum atomic E-state index is -3.80. The number of hydrogen-bond acceptors (Lipinski definition) is 5. The van der Waals surface area contributed by atoms with Crippen LogP contribution in [0.25, 0.3) is 0 Å². The average molecular weight is 551 g/mol. The van der Waals surface area contributed by atoms with Crippen molar-refractivity contribution in [3.05, 3.63) is 113 Å². The van der Waals surface area contributed by atoms with Gasteiger partial charge in [0.2, 0.25) is 10.0 Å². The van der Waals surface area contributed by atoms with E-state index in [4.69, 9.17) is 21.1 Å². The Balaban J connectivity index is 1.57. The van der Waals surface area contributed by atoms with Crippen LogP contribution in [0.5, 0.6) is 17.2 Å². The lowest BCUT2D eigenvalue weighted by molar-refractivity contribution is 0.102. The Hall–Kier alpha value is -3.85. The fourth-order valence-corrected chi connectivity index (χ4v) is 5.00. The van der Waals surface area contributed by atoms with Crippen molar-refractivity contribution < 1.29 is 22.7 Å².